The average Bonchev–Trinajstić information content (AvgIpc) is 2.36. The van der Waals surface area contributed by atoms with Crippen LogP contribution in [0.1, 0.15) is 20.8 Å². The fraction of sp³-hybridized carbons (Fsp3) is 0.833. The molecule has 1 aliphatic rings. The number of hydrogen-bond donors (Lipinski definition) is 1. The molecule has 0 saturated carbocycles. The molecule has 1 saturated heterocycles. The van der Waals surface area contributed by atoms with Gasteiger partial charge in [0.2, 0.25) is 0 Å². The largest absolute Gasteiger partial charge is 0.392 e. The number of nitrogens with two attached hydrogens (primary N) is 1. The van der Waals surface area contributed by atoms with Crippen LogP contribution in [0.15, 0.2) is 0 Å². The molecule has 0 radical (unpaired) electrons. The Kier molecular flexibility index (Phi) is 4.92. The van der Waals surface area contributed by atoms with E-state index in [1.807, 2.05) is 32.7 Å². The van der Waals surface area contributed by atoms with Crippen LogP contribution in [0, 0.1) is 0 Å². The van der Waals surface area contributed by atoms with E-state index in [1.165, 1.54) is 0 Å². The molecule has 0 unspecified atom stereocenters. The molecule has 0 aromatic carbocycles. The van der Waals surface area contributed by atoms with E-state index in [-0.39, 0.29) is 11.6 Å². The van der Waals surface area contributed by atoms with Crippen molar-refractivity contribution >= 4 is 23.2 Å². The van der Waals surface area contributed by atoms with Crippen molar-refractivity contribution in [3.63, 3.8) is 0 Å². The minimum absolute atomic E-state index is 0.102. The second-order valence-electron chi connectivity index (χ2n) is 5.19. The summed E-state index contributed by atoms with van der Waals surface area (Å²) in [5.74, 6) is 0. The Bertz CT molecular complexity index is 324. The molecule has 2 N–H and O–H groups in total. The summed E-state index contributed by atoms with van der Waals surface area (Å²) in [4.78, 5) is 18.4. The topological polar surface area (TPSA) is 52.8 Å². The molecule has 1 aliphatic heterocycles. The molecule has 0 aromatic heterocycles. The lowest BCUT2D eigenvalue weighted by Gasteiger charge is -2.44. The molecular formula is C12H24N4OS. The molecule has 1 heterocycles. The molecule has 0 atom stereocenters. The first-order chi connectivity index (χ1) is 8.30. The molecule has 1 fully saturated rings. The van der Waals surface area contributed by atoms with E-state index in [9.17, 15) is 4.79 Å². The summed E-state index contributed by atoms with van der Waals surface area (Å²) in [7, 11) is 1.83. The normalized spacial score (nSPS) is 17.7. The third-order valence-corrected chi connectivity index (χ3v) is 4.24. The number of carbonyl (C=O) groups is 1. The second kappa shape index (κ2) is 5.84. The minimum atomic E-state index is -0.277. The molecule has 6 heteroatoms. The van der Waals surface area contributed by atoms with Crippen LogP contribution in [-0.4, -0.2) is 71.0 Å². The summed E-state index contributed by atoms with van der Waals surface area (Å²) < 4.78 is 0. The third kappa shape index (κ3) is 3.11. The number of hydrogen-bond acceptors (Lipinski definition) is 3. The fourth-order valence-corrected chi connectivity index (χ4v) is 2.12. The quantitative estimate of drug-likeness (QED) is 0.770. The van der Waals surface area contributed by atoms with Crippen molar-refractivity contribution < 1.29 is 4.79 Å². The van der Waals surface area contributed by atoms with Gasteiger partial charge in [0.25, 0.3) is 0 Å². The van der Waals surface area contributed by atoms with Crippen molar-refractivity contribution in [2.24, 2.45) is 5.73 Å². The van der Waals surface area contributed by atoms with Crippen LogP contribution in [0.25, 0.3) is 0 Å². The monoisotopic (exact) mass is 272 g/mol. The molecule has 0 aromatic rings. The van der Waals surface area contributed by atoms with Crippen LogP contribution in [0.2, 0.25) is 0 Å². The van der Waals surface area contributed by atoms with Gasteiger partial charge >= 0.3 is 6.03 Å². The van der Waals surface area contributed by atoms with Crippen molar-refractivity contribution in [2.75, 3.05) is 39.8 Å². The Labute approximate surface area is 115 Å². The Morgan fingerprint density at radius 2 is 1.83 bits per heavy atom. The van der Waals surface area contributed by atoms with Crippen molar-refractivity contribution in [3.05, 3.63) is 0 Å². The van der Waals surface area contributed by atoms with Gasteiger partial charge in [-0.25, -0.2) is 4.79 Å². The van der Waals surface area contributed by atoms with Gasteiger partial charge < -0.3 is 15.5 Å². The van der Waals surface area contributed by atoms with Gasteiger partial charge in [-0.15, -0.1) is 0 Å². The summed E-state index contributed by atoms with van der Waals surface area (Å²) in [6.45, 7) is 9.86. The molecular weight excluding hydrogens is 248 g/mol. The van der Waals surface area contributed by atoms with Crippen LogP contribution < -0.4 is 5.73 Å². The Morgan fingerprint density at radius 1 is 1.33 bits per heavy atom. The van der Waals surface area contributed by atoms with E-state index in [2.05, 4.69) is 4.90 Å². The van der Waals surface area contributed by atoms with E-state index >= 15 is 0 Å². The Balaban J connectivity index is 2.56. The zero-order valence-corrected chi connectivity index (χ0v) is 12.6. The third-order valence-electron chi connectivity index (χ3n) is 3.74. The highest BCUT2D eigenvalue weighted by Gasteiger charge is 2.33. The van der Waals surface area contributed by atoms with Gasteiger partial charge in [0.15, 0.2) is 0 Å². The molecule has 0 aliphatic carbocycles. The summed E-state index contributed by atoms with van der Waals surface area (Å²) in [6.07, 6.45) is 0. The fourth-order valence-electron chi connectivity index (χ4n) is 1.99. The lowest BCUT2D eigenvalue weighted by molar-refractivity contribution is 0.0871. The maximum Gasteiger partial charge on any atom is 0.319 e. The molecule has 5 nitrogen and oxygen atoms in total. The zero-order valence-electron chi connectivity index (χ0n) is 11.8. The SMILES string of the molecule is CCN(C)C(=O)N1CCN(C(C)(C)C(N)=S)CC1. The predicted molar refractivity (Wildman–Crippen MR) is 77.7 cm³/mol. The highest BCUT2D eigenvalue weighted by atomic mass is 32.1. The van der Waals surface area contributed by atoms with E-state index in [1.54, 1.807) is 4.90 Å². The first-order valence-electron chi connectivity index (χ1n) is 6.35. The molecule has 18 heavy (non-hydrogen) atoms. The van der Waals surface area contributed by atoms with Crippen molar-refractivity contribution in [2.45, 2.75) is 26.3 Å². The van der Waals surface area contributed by atoms with E-state index in [4.69, 9.17) is 18.0 Å². The van der Waals surface area contributed by atoms with Crippen LogP contribution >= 0.6 is 12.2 Å². The minimum Gasteiger partial charge on any atom is -0.392 e. The number of thiocarbonyl (C=S) groups is 1. The van der Waals surface area contributed by atoms with Crippen LogP contribution in [-0.2, 0) is 0 Å². The Hall–Kier alpha value is -0.880. The maximum atomic E-state index is 12.0. The first-order valence-corrected chi connectivity index (χ1v) is 6.76. The molecule has 2 amide bonds. The number of nitrogens with zero attached hydrogens (tertiary/aromatic N) is 3. The molecule has 104 valence electrons. The van der Waals surface area contributed by atoms with Gasteiger partial charge in [0, 0.05) is 39.8 Å². The lowest BCUT2D eigenvalue weighted by atomic mass is 10.0. The standard InChI is InChI=1S/C12H24N4OS/c1-5-14(4)11(17)15-6-8-16(9-7-15)12(2,3)10(13)18/h5-9H2,1-4H3,(H2,13,18). The van der Waals surface area contributed by atoms with Gasteiger partial charge in [-0.2, -0.15) is 0 Å². The smallest absolute Gasteiger partial charge is 0.319 e. The average molecular weight is 272 g/mol. The van der Waals surface area contributed by atoms with Gasteiger partial charge in [0.1, 0.15) is 0 Å². The van der Waals surface area contributed by atoms with Gasteiger partial charge in [-0.05, 0) is 20.8 Å². The number of carbonyl (C=O) groups excluding carboxylic acids is 1. The van der Waals surface area contributed by atoms with E-state index in [0.717, 1.165) is 32.7 Å². The van der Waals surface area contributed by atoms with Crippen molar-refractivity contribution in [3.8, 4) is 0 Å². The Morgan fingerprint density at radius 3 is 2.22 bits per heavy atom. The number of amides is 2. The van der Waals surface area contributed by atoms with Crippen LogP contribution in [0.4, 0.5) is 4.79 Å². The number of urea groups is 1. The number of piperazine rings is 1. The van der Waals surface area contributed by atoms with E-state index in [0.29, 0.717) is 4.99 Å². The maximum absolute atomic E-state index is 12.0. The number of rotatable bonds is 3. The molecule has 0 bridgehead atoms. The van der Waals surface area contributed by atoms with E-state index < -0.39 is 0 Å². The summed E-state index contributed by atoms with van der Waals surface area (Å²) in [5.41, 5.74) is 5.49. The summed E-state index contributed by atoms with van der Waals surface area (Å²) in [5, 5.41) is 0. The zero-order chi connectivity index (χ0) is 13.9. The van der Waals surface area contributed by atoms with Crippen molar-refractivity contribution in [1.82, 2.24) is 14.7 Å². The van der Waals surface area contributed by atoms with Gasteiger partial charge in [-0.1, -0.05) is 12.2 Å². The van der Waals surface area contributed by atoms with Gasteiger partial charge in [0.05, 0.1) is 10.5 Å². The first kappa shape index (κ1) is 15.2. The summed E-state index contributed by atoms with van der Waals surface area (Å²) >= 11 is 5.10. The van der Waals surface area contributed by atoms with Gasteiger partial charge in [-0.3, -0.25) is 4.90 Å². The van der Waals surface area contributed by atoms with Crippen LogP contribution in [0.3, 0.4) is 0 Å². The molecule has 0 spiro atoms. The summed E-state index contributed by atoms with van der Waals surface area (Å²) in [6, 6.07) is 0.102. The van der Waals surface area contributed by atoms with Crippen LogP contribution in [0.5, 0.6) is 0 Å². The van der Waals surface area contributed by atoms with Crippen molar-refractivity contribution in [1.29, 1.82) is 0 Å². The molecule has 1 rings (SSSR count). The predicted octanol–water partition coefficient (Wildman–Crippen LogP) is 0.740. The second-order valence-corrected chi connectivity index (χ2v) is 5.63. The highest BCUT2D eigenvalue weighted by molar-refractivity contribution is 7.80. The highest BCUT2D eigenvalue weighted by Crippen LogP contribution is 2.17. The lowest BCUT2D eigenvalue weighted by Crippen LogP contribution is -2.60.